The van der Waals surface area contributed by atoms with Crippen LogP contribution in [0, 0.1) is 13.8 Å². The summed E-state index contributed by atoms with van der Waals surface area (Å²) < 4.78 is 3.43. The van der Waals surface area contributed by atoms with Crippen LogP contribution in [0.15, 0.2) is 34.3 Å². The molecule has 4 heterocycles. The number of hydrogen-bond acceptors (Lipinski definition) is 6. The predicted molar refractivity (Wildman–Crippen MR) is 121 cm³/mol. The first-order valence-corrected chi connectivity index (χ1v) is 11.6. The van der Waals surface area contributed by atoms with Gasteiger partial charge in [-0.05, 0) is 44.2 Å². The first-order valence-electron chi connectivity index (χ1n) is 10.6. The highest BCUT2D eigenvalue weighted by atomic mass is 32.2. The lowest BCUT2D eigenvalue weighted by atomic mass is 10.1. The van der Waals surface area contributed by atoms with Gasteiger partial charge in [-0.1, -0.05) is 17.8 Å². The van der Waals surface area contributed by atoms with Crippen molar-refractivity contribution in [3.05, 3.63) is 45.9 Å². The predicted octanol–water partition coefficient (Wildman–Crippen LogP) is 2.01. The Labute approximate surface area is 184 Å². The number of benzene rings is 1. The second-order valence-corrected chi connectivity index (χ2v) is 9.47. The third-order valence-corrected chi connectivity index (χ3v) is 7.47. The SMILES string of the molecule is Cc1ccc(-n2ncc3c(=O)n4c(nc32)SCC4CC(=O)N2CCN(C)CC2)cc1C. The zero-order valence-electron chi connectivity index (χ0n) is 18.0. The quantitative estimate of drug-likeness (QED) is 0.583. The number of hydrogen-bond donors (Lipinski definition) is 0. The lowest BCUT2D eigenvalue weighted by Crippen LogP contribution is -2.47. The highest BCUT2D eigenvalue weighted by Crippen LogP contribution is 2.34. The van der Waals surface area contributed by atoms with Crippen molar-refractivity contribution < 1.29 is 4.79 Å². The molecule has 0 aliphatic carbocycles. The Morgan fingerprint density at radius 1 is 1.16 bits per heavy atom. The van der Waals surface area contributed by atoms with Crippen LogP contribution in [0.4, 0.5) is 0 Å². The van der Waals surface area contributed by atoms with Crippen LogP contribution < -0.4 is 5.56 Å². The van der Waals surface area contributed by atoms with Gasteiger partial charge in [-0.25, -0.2) is 9.67 Å². The van der Waals surface area contributed by atoms with Crippen LogP contribution in [0.3, 0.4) is 0 Å². The van der Waals surface area contributed by atoms with Crippen molar-refractivity contribution >= 4 is 28.7 Å². The van der Waals surface area contributed by atoms with E-state index in [0.717, 1.165) is 37.4 Å². The molecule has 0 N–H and O–H groups in total. The number of rotatable bonds is 3. The van der Waals surface area contributed by atoms with Crippen molar-refractivity contribution in [2.24, 2.45) is 0 Å². The molecule has 1 fully saturated rings. The molecule has 31 heavy (non-hydrogen) atoms. The van der Waals surface area contributed by atoms with E-state index in [0.29, 0.717) is 28.4 Å². The van der Waals surface area contributed by atoms with E-state index in [2.05, 4.69) is 37.0 Å². The molecule has 8 nitrogen and oxygen atoms in total. The number of piperazine rings is 1. The fraction of sp³-hybridized carbons (Fsp3) is 0.455. The maximum Gasteiger partial charge on any atom is 0.265 e. The van der Waals surface area contributed by atoms with Crippen molar-refractivity contribution in [2.45, 2.75) is 31.5 Å². The van der Waals surface area contributed by atoms with Gasteiger partial charge in [0.2, 0.25) is 5.91 Å². The Kier molecular flexibility index (Phi) is 5.10. The molecular weight excluding hydrogens is 412 g/mol. The van der Waals surface area contributed by atoms with Crippen LogP contribution in [0.1, 0.15) is 23.6 Å². The summed E-state index contributed by atoms with van der Waals surface area (Å²) in [5.41, 5.74) is 3.71. The topological polar surface area (TPSA) is 76.3 Å². The fourth-order valence-corrected chi connectivity index (χ4v) is 5.34. The molecule has 1 atom stereocenters. The van der Waals surface area contributed by atoms with E-state index in [4.69, 9.17) is 4.98 Å². The van der Waals surface area contributed by atoms with Gasteiger partial charge in [-0.15, -0.1) is 0 Å². The maximum atomic E-state index is 13.3. The van der Waals surface area contributed by atoms with E-state index in [1.807, 2.05) is 17.0 Å². The molecule has 2 aromatic heterocycles. The van der Waals surface area contributed by atoms with Crippen LogP contribution in [-0.2, 0) is 4.79 Å². The number of amides is 1. The van der Waals surface area contributed by atoms with Crippen molar-refractivity contribution in [1.29, 1.82) is 0 Å². The van der Waals surface area contributed by atoms with Gasteiger partial charge in [0.05, 0.1) is 17.9 Å². The largest absolute Gasteiger partial charge is 0.340 e. The standard InChI is InChI=1S/C22H26N6O2S/c1-14-4-5-16(10-15(14)2)28-20-18(12-23-28)21(30)27-17(13-31-22(27)24-20)11-19(29)26-8-6-25(3)7-9-26/h4-5,10,12,17H,6-9,11,13H2,1-3H3. The Morgan fingerprint density at radius 3 is 2.68 bits per heavy atom. The lowest BCUT2D eigenvalue weighted by molar-refractivity contribution is -0.133. The molecule has 0 saturated carbocycles. The highest BCUT2D eigenvalue weighted by Gasteiger charge is 2.31. The van der Waals surface area contributed by atoms with Crippen LogP contribution in [0.5, 0.6) is 0 Å². The van der Waals surface area contributed by atoms with E-state index >= 15 is 0 Å². The second kappa shape index (κ2) is 7.80. The van der Waals surface area contributed by atoms with Gasteiger partial charge in [0.1, 0.15) is 5.39 Å². The van der Waals surface area contributed by atoms with Gasteiger partial charge < -0.3 is 9.80 Å². The van der Waals surface area contributed by atoms with Gasteiger partial charge in [0, 0.05) is 38.4 Å². The number of nitrogens with zero attached hydrogens (tertiary/aromatic N) is 6. The molecule has 0 radical (unpaired) electrons. The summed E-state index contributed by atoms with van der Waals surface area (Å²) in [5, 5.41) is 5.61. The zero-order valence-corrected chi connectivity index (χ0v) is 18.9. The van der Waals surface area contributed by atoms with Crippen LogP contribution in [-0.4, -0.2) is 74.0 Å². The molecular formula is C22H26N6O2S. The summed E-state index contributed by atoms with van der Waals surface area (Å²) in [4.78, 5) is 35.1. The van der Waals surface area contributed by atoms with E-state index in [1.165, 1.54) is 17.3 Å². The lowest BCUT2D eigenvalue weighted by Gasteiger charge is -2.33. The molecule has 0 bridgehead atoms. The molecule has 1 aromatic carbocycles. The Balaban J connectivity index is 1.46. The highest BCUT2D eigenvalue weighted by molar-refractivity contribution is 7.99. The minimum atomic E-state index is -0.165. The van der Waals surface area contributed by atoms with Crippen molar-refractivity contribution in [3.8, 4) is 5.69 Å². The zero-order chi connectivity index (χ0) is 21.7. The van der Waals surface area contributed by atoms with E-state index < -0.39 is 0 Å². The number of thioether (sulfide) groups is 1. The molecule has 1 unspecified atom stereocenters. The molecule has 162 valence electrons. The Hall–Kier alpha value is -2.65. The summed E-state index contributed by atoms with van der Waals surface area (Å²) in [6.07, 6.45) is 1.93. The maximum absolute atomic E-state index is 13.3. The average Bonchev–Trinajstić information content (AvgIpc) is 3.35. The van der Waals surface area contributed by atoms with Crippen molar-refractivity contribution in [2.75, 3.05) is 39.0 Å². The molecule has 5 rings (SSSR count). The molecule has 1 saturated heterocycles. The van der Waals surface area contributed by atoms with Gasteiger partial charge in [-0.3, -0.25) is 14.2 Å². The average molecular weight is 439 g/mol. The second-order valence-electron chi connectivity index (χ2n) is 8.48. The number of aryl methyl sites for hydroxylation is 2. The minimum absolute atomic E-state index is 0.115. The summed E-state index contributed by atoms with van der Waals surface area (Å²) in [6, 6.07) is 5.93. The van der Waals surface area contributed by atoms with Crippen LogP contribution in [0.2, 0.25) is 0 Å². The first kappa shape index (κ1) is 20.3. The molecule has 3 aromatic rings. The van der Waals surface area contributed by atoms with E-state index in [-0.39, 0.29) is 17.5 Å². The summed E-state index contributed by atoms with van der Waals surface area (Å²) >= 11 is 1.54. The van der Waals surface area contributed by atoms with Gasteiger partial charge >= 0.3 is 0 Å². The minimum Gasteiger partial charge on any atom is -0.340 e. The van der Waals surface area contributed by atoms with Gasteiger partial charge in [0.15, 0.2) is 10.8 Å². The first-order chi connectivity index (χ1) is 14.9. The summed E-state index contributed by atoms with van der Waals surface area (Å²) in [6.45, 7) is 7.40. The Morgan fingerprint density at radius 2 is 1.94 bits per heavy atom. The normalized spacial score (nSPS) is 19.2. The molecule has 0 spiro atoms. The third kappa shape index (κ3) is 3.55. The molecule has 9 heteroatoms. The molecule has 1 amide bonds. The monoisotopic (exact) mass is 438 g/mol. The smallest absolute Gasteiger partial charge is 0.265 e. The van der Waals surface area contributed by atoms with E-state index in [9.17, 15) is 9.59 Å². The number of likely N-dealkylation sites (N-methyl/N-ethyl adjacent to an activating group) is 1. The number of aromatic nitrogens is 4. The van der Waals surface area contributed by atoms with Crippen molar-refractivity contribution in [3.63, 3.8) is 0 Å². The number of carbonyl (C=O) groups excluding carboxylic acids is 1. The van der Waals surface area contributed by atoms with Crippen LogP contribution in [0.25, 0.3) is 16.7 Å². The number of fused-ring (bicyclic) bond motifs is 2. The van der Waals surface area contributed by atoms with Gasteiger partial charge in [0.25, 0.3) is 5.56 Å². The molecule has 2 aliphatic rings. The summed E-state index contributed by atoms with van der Waals surface area (Å²) in [7, 11) is 2.07. The number of carbonyl (C=O) groups is 1. The Bertz CT molecular complexity index is 1220. The summed E-state index contributed by atoms with van der Waals surface area (Å²) in [5.74, 6) is 0.801. The van der Waals surface area contributed by atoms with Crippen molar-refractivity contribution in [1.82, 2.24) is 29.1 Å². The fourth-order valence-electron chi connectivity index (χ4n) is 4.21. The third-order valence-electron chi connectivity index (χ3n) is 6.37. The van der Waals surface area contributed by atoms with Gasteiger partial charge in [-0.2, -0.15) is 5.10 Å². The van der Waals surface area contributed by atoms with Crippen LogP contribution >= 0.6 is 11.8 Å². The van der Waals surface area contributed by atoms with E-state index in [1.54, 1.807) is 15.4 Å². The molecule has 2 aliphatic heterocycles.